The van der Waals surface area contributed by atoms with Crippen molar-refractivity contribution in [2.45, 2.75) is 52.9 Å². The normalized spacial score (nSPS) is 12.6. The highest BCUT2D eigenvalue weighted by atomic mass is 19.3. The molecular weight excluding hydrogens is 258 g/mol. The fourth-order valence-corrected chi connectivity index (χ4v) is 2.02. The van der Waals surface area contributed by atoms with Crippen LogP contribution in [0.4, 0.5) is 8.78 Å². The van der Waals surface area contributed by atoms with Crippen LogP contribution < -0.4 is 4.74 Å². The molecule has 0 atom stereocenters. The van der Waals surface area contributed by atoms with E-state index in [0.717, 1.165) is 29.5 Å². The number of ether oxygens (including phenoxy) is 1. The van der Waals surface area contributed by atoms with E-state index in [9.17, 15) is 8.78 Å². The van der Waals surface area contributed by atoms with Crippen LogP contribution in [-0.4, -0.2) is 12.5 Å². The SMILES string of the molecule is C/C=C(/C)c1cccc(OCC(F)(F)CC)c1CCC. The van der Waals surface area contributed by atoms with Gasteiger partial charge in [-0.25, -0.2) is 8.78 Å². The van der Waals surface area contributed by atoms with Gasteiger partial charge in [0.1, 0.15) is 5.75 Å². The molecule has 0 heterocycles. The van der Waals surface area contributed by atoms with Crippen molar-refractivity contribution in [1.82, 2.24) is 0 Å². The molecule has 1 rings (SSSR count). The van der Waals surface area contributed by atoms with E-state index in [-0.39, 0.29) is 6.42 Å². The van der Waals surface area contributed by atoms with Gasteiger partial charge in [0.2, 0.25) is 0 Å². The molecule has 0 fully saturated rings. The smallest absolute Gasteiger partial charge is 0.281 e. The maximum absolute atomic E-state index is 13.3. The molecule has 0 saturated heterocycles. The van der Waals surface area contributed by atoms with Gasteiger partial charge in [-0.2, -0.15) is 0 Å². The second kappa shape index (κ2) is 7.41. The van der Waals surface area contributed by atoms with Crippen molar-refractivity contribution < 1.29 is 13.5 Å². The highest BCUT2D eigenvalue weighted by molar-refractivity contribution is 5.68. The highest BCUT2D eigenvalue weighted by Crippen LogP contribution is 2.30. The summed E-state index contributed by atoms with van der Waals surface area (Å²) >= 11 is 0. The maximum atomic E-state index is 13.3. The maximum Gasteiger partial charge on any atom is 0.281 e. The Kier molecular flexibility index (Phi) is 6.18. The molecule has 0 amide bonds. The predicted molar refractivity (Wildman–Crippen MR) is 80.5 cm³/mol. The lowest BCUT2D eigenvalue weighted by Gasteiger charge is -2.19. The quantitative estimate of drug-likeness (QED) is 0.643. The first-order valence-electron chi connectivity index (χ1n) is 7.21. The summed E-state index contributed by atoms with van der Waals surface area (Å²) in [5.41, 5.74) is 3.25. The Morgan fingerprint density at radius 2 is 2.00 bits per heavy atom. The minimum atomic E-state index is -2.77. The van der Waals surface area contributed by atoms with Crippen molar-refractivity contribution >= 4 is 5.57 Å². The average molecular weight is 282 g/mol. The Labute approximate surface area is 120 Å². The van der Waals surface area contributed by atoms with E-state index in [1.54, 1.807) is 6.07 Å². The number of halogens is 2. The number of alkyl halides is 2. The Balaban J connectivity index is 3.06. The monoisotopic (exact) mass is 282 g/mol. The predicted octanol–water partition coefficient (Wildman–Crippen LogP) is 5.49. The summed E-state index contributed by atoms with van der Waals surface area (Å²) in [5, 5.41) is 0. The zero-order chi connectivity index (χ0) is 15.2. The number of allylic oxidation sites excluding steroid dienone is 2. The molecule has 0 radical (unpaired) electrons. The lowest BCUT2D eigenvalue weighted by molar-refractivity contribution is -0.0438. The molecule has 0 aliphatic rings. The first-order chi connectivity index (χ1) is 9.45. The zero-order valence-corrected chi connectivity index (χ0v) is 12.8. The molecule has 20 heavy (non-hydrogen) atoms. The van der Waals surface area contributed by atoms with Crippen LogP contribution in [0.25, 0.3) is 5.57 Å². The summed E-state index contributed by atoms with van der Waals surface area (Å²) in [5.74, 6) is -2.19. The van der Waals surface area contributed by atoms with Crippen LogP contribution in [0.15, 0.2) is 24.3 Å². The summed E-state index contributed by atoms with van der Waals surface area (Å²) < 4.78 is 32.1. The number of hydrogen-bond acceptors (Lipinski definition) is 1. The summed E-state index contributed by atoms with van der Waals surface area (Å²) in [6, 6.07) is 5.66. The molecule has 0 aromatic heterocycles. The van der Waals surface area contributed by atoms with Crippen LogP contribution in [0.1, 0.15) is 51.7 Å². The van der Waals surface area contributed by atoms with Gasteiger partial charge in [-0.05, 0) is 37.5 Å². The van der Waals surface area contributed by atoms with Gasteiger partial charge in [-0.3, -0.25) is 0 Å². The van der Waals surface area contributed by atoms with E-state index in [4.69, 9.17) is 4.74 Å². The molecule has 1 nitrogen and oxygen atoms in total. The Bertz CT molecular complexity index is 464. The second-order valence-electron chi connectivity index (χ2n) is 5.00. The molecule has 0 spiro atoms. The average Bonchev–Trinajstić information content (AvgIpc) is 2.45. The molecule has 0 saturated carbocycles. The number of benzene rings is 1. The minimum Gasteiger partial charge on any atom is -0.487 e. The van der Waals surface area contributed by atoms with E-state index >= 15 is 0 Å². The molecule has 0 bridgehead atoms. The molecule has 1 aromatic carbocycles. The van der Waals surface area contributed by atoms with Gasteiger partial charge >= 0.3 is 0 Å². The molecule has 3 heteroatoms. The van der Waals surface area contributed by atoms with Crippen LogP contribution >= 0.6 is 0 Å². The van der Waals surface area contributed by atoms with Gasteiger partial charge in [-0.1, -0.05) is 38.5 Å². The van der Waals surface area contributed by atoms with E-state index in [2.05, 4.69) is 6.92 Å². The molecule has 0 N–H and O–H groups in total. The van der Waals surface area contributed by atoms with Gasteiger partial charge in [-0.15, -0.1) is 0 Å². The fourth-order valence-electron chi connectivity index (χ4n) is 2.02. The fraction of sp³-hybridized carbons (Fsp3) is 0.529. The van der Waals surface area contributed by atoms with Crippen LogP contribution in [0.5, 0.6) is 5.75 Å². The summed E-state index contributed by atoms with van der Waals surface area (Å²) in [4.78, 5) is 0. The largest absolute Gasteiger partial charge is 0.487 e. The van der Waals surface area contributed by atoms with E-state index in [0.29, 0.717) is 5.75 Å². The third kappa shape index (κ3) is 4.32. The zero-order valence-electron chi connectivity index (χ0n) is 12.8. The van der Waals surface area contributed by atoms with E-state index < -0.39 is 12.5 Å². The summed E-state index contributed by atoms with van der Waals surface area (Å²) in [6.07, 6.45) is 3.60. The second-order valence-corrected chi connectivity index (χ2v) is 5.00. The summed E-state index contributed by atoms with van der Waals surface area (Å²) in [6.45, 7) is 6.99. The lowest BCUT2D eigenvalue weighted by atomic mass is 9.96. The number of hydrogen-bond donors (Lipinski definition) is 0. The van der Waals surface area contributed by atoms with Gasteiger partial charge in [0, 0.05) is 12.0 Å². The molecular formula is C17H24F2O. The van der Waals surface area contributed by atoms with Crippen LogP contribution in [0.3, 0.4) is 0 Å². The Morgan fingerprint density at radius 1 is 1.30 bits per heavy atom. The first kappa shape index (κ1) is 16.7. The molecule has 0 aliphatic heterocycles. The van der Waals surface area contributed by atoms with Crippen LogP contribution in [0.2, 0.25) is 0 Å². The molecule has 1 aromatic rings. The van der Waals surface area contributed by atoms with Crippen LogP contribution in [-0.2, 0) is 6.42 Å². The third-order valence-corrected chi connectivity index (χ3v) is 3.45. The van der Waals surface area contributed by atoms with Crippen molar-refractivity contribution in [1.29, 1.82) is 0 Å². The van der Waals surface area contributed by atoms with Crippen molar-refractivity contribution in [3.8, 4) is 5.75 Å². The van der Waals surface area contributed by atoms with E-state index in [1.807, 2.05) is 32.1 Å². The van der Waals surface area contributed by atoms with Crippen molar-refractivity contribution in [2.75, 3.05) is 6.61 Å². The first-order valence-corrected chi connectivity index (χ1v) is 7.21. The topological polar surface area (TPSA) is 9.23 Å². The van der Waals surface area contributed by atoms with Crippen LogP contribution in [0, 0.1) is 0 Å². The molecule has 112 valence electrons. The molecule has 0 unspecified atom stereocenters. The third-order valence-electron chi connectivity index (χ3n) is 3.45. The standard InChI is InChI=1S/C17H24F2O/c1-5-9-15-14(13(4)6-2)10-8-11-16(15)20-12-17(18,19)7-3/h6,8,10-11H,5,7,9,12H2,1-4H3/b13-6-. The van der Waals surface area contributed by atoms with Crippen molar-refractivity contribution in [3.63, 3.8) is 0 Å². The van der Waals surface area contributed by atoms with Gasteiger partial charge in [0.15, 0.2) is 6.61 Å². The van der Waals surface area contributed by atoms with Gasteiger partial charge in [0.05, 0.1) is 0 Å². The minimum absolute atomic E-state index is 0.205. The van der Waals surface area contributed by atoms with Crippen molar-refractivity contribution in [3.05, 3.63) is 35.4 Å². The summed E-state index contributed by atoms with van der Waals surface area (Å²) in [7, 11) is 0. The Morgan fingerprint density at radius 3 is 2.55 bits per heavy atom. The Hall–Kier alpha value is -1.38. The van der Waals surface area contributed by atoms with Gasteiger partial charge in [0.25, 0.3) is 5.92 Å². The van der Waals surface area contributed by atoms with Crippen molar-refractivity contribution in [2.24, 2.45) is 0 Å². The van der Waals surface area contributed by atoms with Gasteiger partial charge < -0.3 is 4.74 Å². The number of rotatable bonds is 7. The lowest BCUT2D eigenvalue weighted by Crippen LogP contribution is -2.24. The molecule has 0 aliphatic carbocycles. The van der Waals surface area contributed by atoms with E-state index in [1.165, 1.54) is 6.92 Å². The highest BCUT2D eigenvalue weighted by Gasteiger charge is 2.27.